The van der Waals surface area contributed by atoms with Gasteiger partial charge in [-0.2, -0.15) is 0 Å². The van der Waals surface area contributed by atoms with Gasteiger partial charge in [0.05, 0.1) is 11.4 Å². The predicted molar refractivity (Wildman–Crippen MR) is 141 cm³/mol. The highest BCUT2D eigenvalue weighted by Gasteiger charge is 2.24. The third-order valence-corrected chi connectivity index (χ3v) is 6.71. The number of ether oxygens (including phenoxy) is 1. The van der Waals surface area contributed by atoms with Crippen molar-refractivity contribution >= 4 is 17.1 Å². The van der Waals surface area contributed by atoms with E-state index < -0.39 is 0 Å². The van der Waals surface area contributed by atoms with Crippen LogP contribution in [-0.2, 0) is 0 Å². The van der Waals surface area contributed by atoms with E-state index in [0.29, 0.717) is 28.4 Å². The van der Waals surface area contributed by atoms with E-state index in [2.05, 4.69) is 0 Å². The summed E-state index contributed by atoms with van der Waals surface area (Å²) < 4.78 is 6.05. The van der Waals surface area contributed by atoms with Gasteiger partial charge in [0, 0.05) is 11.3 Å². The molecule has 0 amide bonds. The maximum Gasteiger partial charge on any atom is 0.139 e. The first kappa shape index (κ1) is 24.0. The molecule has 0 heterocycles. The van der Waals surface area contributed by atoms with Crippen LogP contribution in [-0.4, -0.2) is 15.3 Å². The predicted octanol–water partition coefficient (Wildman–Crippen LogP) is 7.92. The van der Waals surface area contributed by atoms with Crippen molar-refractivity contribution in [3.63, 3.8) is 0 Å². The Hall–Kier alpha value is -4.12. The van der Waals surface area contributed by atoms with E-state index in [-0.39, 0.29) is 17.2 Å². The number of aryl methyl sites for hydroxylation is 3. The van der Waals surface area contributed by atoms with Gasteiger partial charge in [-0.25, -0.2) is 0 Å². The molecule has 0 fully saturated rings. The van der Waals surface area contributed by atoms with Gasteiger partial charge in [0.1, 0.15) is 28.7 Å². The Bertz CT molecular complexity index is 1350. The maximum atomic E-state index is 10.9. The lowest BCUT2D eigenvalue weighted by molar-refractivity contribution is 0.445. The summed E-state index contributed by atoms with van der Waals surface area (Å²) in [5.74, 6) is 1.66. The van der Waals surface area contributed by atoms with Gasteiger partial charge in [0.15, 0.2) is 0 Å². The van der Waals surface area contributed by atoms with Crippen molar-refractivity contribution in [2.75, 3.05) is 4.90 Å². The number of hydrogen-bond donors (Lipinski definition) is 3. The summed E-state index contributed by atoms with van der Waals surface area (Å²) in [5, 5.41) is 32.1. The van der Waals surface area contributed by atoms with E-state index in [0.717, 1.165) is 33.5 Å². The molecule has 0 radical (unpaired) electrons. The number of rotatable bonds is 5. The highest BCUT2D eigenvalue weighted by atomic mass is 16.5. The summed E-state index contributed by atoms with van der Waals surface area (Å²) in [6, 6.07) is 18.2. The standard InChI is InChI=1S/C30H31NO4/c1-17-7-14-25(32)28(20(17)4)31(29-21(5)18(2)8-15-26(29)33)23-10-12-24(13-11-23)35-27-16-9-19(3)30(34)22(27)6/h7-16,32-34H,1-6H3. The number of hydrogen-bond acceptors (Lipinski definition) is 5. The van der Waals surface area contributed by atoms with Crippen LogP contribution in [0.2, 0.25) is 0 Å². The molecular weight excluding hydrogens is 438 g/mol. The highest BCUT2D eigenvalue weighted by molar-refractivity contribution is 5.87. The average molecular weight is 470 g/mol. The van der Waals surface area contributed by atoms with Gasteiger partial charge in [-0.05, 0) is 112 Å². The molecule has 35 heavy (non-hydrogen) atoms. The Kier molecular flexibility index (Phi) is 6.35. The van der Waals surface area contributed by atoms with Crippen molar-refractivity contribution < 1.29 is 20.1 Å². The van der Waals surface area contributed by atoms with Crippen LogP contribution >= 0.6 is 0 Å². The molecule has 0 atom stereocenters. The minimum atomic E-state index is 0.125. The molecule has 0 aliphatic heterocycles. The lowest BCUT2D eigenvalue weighted by Gasteiger charge is -2.30. The molecule has 4 aromatic rings. The summed E-state index contributed by atoms with van der Waals surface area (Å²) in [5.41, 5.74) is 7.34. The number of phenols is 3. The molecule has 0 unspecified atom stereocenters. The number of aromatic hydroxyl groups is 3. The average Bonchev–Trinajstić information content (AvgIpc) is 2.84. The van der Waals surface area contributed by atoms with Gasteiger partial charge in [0.25, 0.3) is 0 Å². The Morgan fingerprint density at radius 3 is 1.54 bits per heavy atom. The number of nitrogens with zero attached hydrogens (tertiary/aromatic N) is 1. The summed E-state index contributed by atoms with van der Waals surface area (Å²) >= 11 is 0. The summed E-state index contributed by atoms with van der Waals surface area (Å²) in [4.78, 5) is 1.89. The smallest absolute Gasteiger partial charge is 0.139 e. The second kappa shape index (κ2) is 9.26. The third kappa shape index (κ3) is 4.37. The van der Waals surface area contributed by atoms with Crippen LogP contribution in [0.4, 0.5) is 17.1 Å². The van der Waals surface area contributed by atoms with Gasteiger partial charge in [0.2, 0.25) is 0 Å². The van der Waals surface area contributed by atoms with Crippen molar-refractivity contribution in [1.29, 1.82) is 0 Å². The highest BCUT2D eigenvalue weighted by Crippen LogP contribution is 2.48. The Labute approximate surface area is 206 Å². The first-order valence-electron chi connectivity index (χ1n) is 11.6. The zero-order valence-corrected chi connectivity index (χ0v) is 21.0. The van der Waals surface area contributed by atoms with Crippen molar-refractivity contribution in [2.24, 2.45) is 0 Å². The molecule has 0 aromatic heterocycles. The van der Waals surface area contributed by atoms with E-state index >= 15 is 0 Å². The van der Waals surface area contributed by atoms with E-state index in [9.17, 15) is 15.3 Å². The molecule has 4 aromatic carbocycles. The molecule has 4 rings (SSSR count). The molecule has 5 heteroatoms. The molecule has 0 saturated carbocycles. The summed E-state index contributed by atoms with van der Waals surface area (Å²) in [6.07, 6.45) is 0. The minimum absolute atomic E-state index is 0.125. The van der Waals surface area contributed by atoms with E-state index in [1.807, 2.05) is 95.0 Å². The molecule has 5 nitrogen and oxygen atoms in total. The number of anilines is 3. The van der Waals surface area contributed by atoms with Gasteiger partial charge in [-0.3, -0.25) is 0 Å². The molecule has 0 aliphatic rings. The maximum absolute atomic E-state index is 10.9. The first-order valence-corrected chi connectivity index (χ1v) is 11.6. The van der Waals surface area contributed by atoms with Crippen LogP contribution in [0.25, 0.3) is 0 Å². The topological polar surface area (TPSA) is 73.2 Å². The van der Waals surface area contributed by atoms with Crippen LogP contribution in [0.1, 0.15) is 33.4 Å². The molecule has 0 bridgehead atoms. The third-order valence-electron chi connectivity index (χ3n) is 6.71. The Balaban J connectivity index is 1.84. The van der Waals surface area contributed by atoms with E-state index in [1.54, 1.807) is 12.1 Å². The van der Waals surface area contributed by atoms with Crippen LogP contribution in [0.15, 0.2) is 60.7 Å². The molecule has 3 N–H and O–H groups in total. The fraction of sp³-hybridized carbons (Fsp3) is 0.200. The molecule has 0 spiro atoms. The lowest BCUT2D eigenvalue weighted by Crippen LogP contribution is -2.14. The van der Waals surface area contributed by atoms with E-state index in [1.165, 1.54) is 0 Å². The van der Waals surface area contributed by atoms with Gasteiger partial charge >= 0.3 is 0 Å². The van der Waals surface area contributed by atoms with Gasteiger partial charge < -0.3 is 25.0 Å². The SMILES string of the molecule is Cc1ccc(O)c(N(c2ccc(Oc3ccc(C)c(O)c3C)cc2)c2c(O)ccc(C)c2C)c1C. The van der Waals surface area contributed by atoms with Crippen LogP contribution in [0.3, 0.4) is 0 Å². The molecule has 0 saturated heterocycles. The van der Waals surface area contributed by atoms with Crippen LogP contribution in [0, 0.1) is 41.5 Å². The lowest BCUT2D eigenvalue weighted by atomic mass is 10.0. The van der Waals surface area contributed by atoms with Crippen molar-refractivity contribution in [3.05, 3.63) is 94.0 Å². The first-order chi connectivity index (χ1) is 16.6. The number of benzene rings is 4. The molecule has 0 aliphatic carbocycles. The van der Waals surface area contributed by atoms with Crippen LogP contribution in [0.5, 0.6) is 28.7 Å². The van der Waals surface area contributed by atoms with Crippen LogP contribution < -0.4 is 9.64 Å². The summed E-state index contributed by atoms with van der Waals surface area (Å²) in [6.45, 7) is 11.6. The second-order valence-corrected chi connectivity index (χ2v) is 9.04. The Morgan fingerprint density at radius 2 is 1.03 bits per heavy atom. The second-order valence-electron chi connectivity index (χ2n) is 9.04. The normalized spacial score (nSPS) is 10.9. The van der Waals surface area contributed by atoms with Gasteiger partial charge in [-0.15, -0.1) is 0 Å². The quantitative estimate of drug-likeness (QED) is 0.277. The summed E-state index contributed by atoms with van der Waals surface area (Å²) in [7, 11) is 0. The zero-order chi connectivity index (χ0) is 25.4. The van der Waals surface area contributed by atoms with E-state index in [4.69, 9.17) is 4.74 Å². The molecule has 180 valence electrons. The molecular formula is C30H31NO4. The fourth-order valence-corrected chi connectivity index (χ4v) is 4.23. The number of phenolic OH excluding ortho intramolecular Hbond substituents is 3. The minimum Gasteiger partial charge on any atom is -0.507 e. The van der Waals surface area contributed by atoms with Gasteiger partial charge in [-0.1, -0.05) is 18.2 Å². The Morgan fingerprint density at radius 1 is 0.543 bits per heavy atom. The largest absolute Gasteiger partial charge is 0.507 e. The van der Waals surface area contributed by atoms with Crippen molar-refractivity contribution in [3.8, 4) is 28.7 Å². The monoisotopic (exact) mass is 469 g/mol. The van der Waals surface area contributed by atoms with Crippen molar-refractivity contribution in [2.45, 2.75) is 41.5 Å². The fourth-order valence-electron chi connectivity index (χ4n) is 4.23. The van der Waals surface area contributed by atoms with Crippen molar-refractivity contribution in [1.82, 2.24) is 0 Å². The zero-order valence-electron chi connectivity index (χ0n) is 21.0.